The molecule has 0 radical (unpaired) electrons. The molecule has 0 saturated carbocycles. The van der Waals surface area contributed by atoms with Crippen molar-refractivity contribution in [1.29, 1.82) is 0 Å². The molecule has 0 spiro atoms. The molecule has 10 nitrogen and oxygen atoms in total. The Morgan fingerprint density at radius 2 is 0.684 bits per heavy atom. The number of rotatable bonds is 6. The standard InChI is InChI=1S/C28H24N6O4/c1-2-18(20-15-23(27-31-7-11-37-27)34-24(16-20)28-32-8-12-38-28)4-3-17(1)19-13-21(25-29-5-9-35-25)33-22(14-19)26-30-6-10-36-26/h1-4,13-16H,5-12H2. The van der Waals surface area contributed by atoms with Crippen molar-refractivity contribution in [2.75, 3.05) is 52.6 Å². The quantitative estimate of drug-likeness (QED) is 0.506. The molecule has 0 amide bonds. The molecule has 10 heteroatoms. The highest BCUT2D eigenvalue weighted by Gasteiger charge is 2.21. The van der Waals surface area contributed by atoms with Crippen LogP contribution < -0.4 is 0 Å². The fourth-order valence-corrected chi connectivity index (χ4v) is 4.65. The van der Waals surface area contributed by atoms with Gasteiger partial charge in [0.05, 0.1) is 26.2 Å². The Kier molecular flexibility index (Phi) is 5.76. The summed E-state index contributed by atoms with van der Waals surface area (Å²) in [5.41, 5.74) is 6.71. The van der Waals surface area contributed by atoms with E-state index in [9.17, 15) is 0 Å². The van der Waals surface area contributed by atoms with Crippen molar-refractivity contribution >= 4 is 23.6 Å². The lowest BCUT2D eigenvalue weighted by atomic mass is 9.99. The van der Waals surface area contributed by atoms with Crippen molar-refractivity contribution in [3.05, 3.63) is 71.3 Å². The Labute approximate surface area is 218 Å². The third-order valence-corrected chi connectivity index (χ3v) is 6.42. The summed E-state index contributed by atoms with van der Waals surface area (Å²) in [6.07, 6.45) is 0. The van der Waals surface area contributed by atoms with Crippen molar-refractivity contribution < 1.29 is 18.9 Å². The van der Waals surface area contributed by atoms with Gasteiger partial charge in [-0.2, -0.15) is 0 Å². The SMILES string of the molecule is c1cc(-c2cc(C3=NCCO3)nc(C3=NCCO3)c2)ccc1-c1cc(C2=NCCO2)nc(C2=NCCO2)c1. The first kappa shape index (κ1) is 22.6. The van der Waals surface area contributed by atoms with Gasteiger partial charge in [0.25, 0.3) is 0 Å². The lowest BCUT2D eigenvalue weighted by Crippen LogP contribution is -2.11. The second kappa shape index (κ2) is 9.70. The largest absolute Gasteiger partial charge is 0.474 e. The molecule has 4 aliphatic rings. The predicted molar refractivity (Wildman–Crippen MR) is 142 cm³/mol. The van der Waals surface area contributed by atoms with Crippen LogP contribution in [0.2, 0.25) is 0 Å². The average Bonchev–Trinajstić information content (AvgIpc) is 3.81. The number of aliphatic imine (C=N–C) groups is 4. The second-order valence-electron chi connectivity index (χ2n) is 8.97. The van der Waals surface area contributed by atoms with Crippen molar-refractivity contribution in [3.63, 3.8) is 0 Å². The zero-order chi connectivity index (χ0) is 25.3. The highest BCUT2D eigenvalue weighted by atomic mass is 16.5. The molecule has 1 aromatic carbocycles. The Bertz CT molecular complexity index is 1330. The molecule has 2 aromatic heterocycles. The Hall–Kier alpha value is -4.60. The molecule has 0 N–H and O–H groups in total. The van der Waals surface area contributed by atoms with Gasteiger partial charge >= 0.3 is 0 Å². The number of nitrogens with zero attached hydrogens (tertiary/aromatic N) is 6. The van der Waals surface area contributed by atoms with E-state index in [2.05, 4.69) is 44.2 Å². The molecule has 6 heterocycles. The van der Waals surface area contributed by atoms with Gasteiger partial charge in [-0.15, -0.1) is 0 Å². The number of hydrogen-bond acceptors (Lipinski definition) is 10. The fraction of sp³-hybridized carbons (Fsp3) is 0.286. The Morgan fingerprint density at radius 3 is 0.921 bits per heavy atom. The lowest BCUT2D eigenvalue weighted by Gasteiger charge is -2.11. The highest BCUT2D eigenvalue weighted by Crippen LogP contribution is 2.28. The minimum absolute atomic E-state index is 0.550. The van der Waals surface area contributed by atoms with E-state index in [0.29, 0.717) is 99.0 Å². The summed E-state index contributed by atoms with van der Waals surface area (Å²) in [6, 6.07) is 16.3. The third kappa shape index (κ3) is 4.38. The van der Waals surface area contributed by atoms with Crippen LogP contribution >= 0.6 is 0 Å². The summed E-state index contributed by atoms with van der Waals surface area (Å²) in [6.45, 7) is 4.78. The van der Waals surface area contributed by atoms with Gasteiger partial charge in [-0.1, -0.05) is 24.3 Å². The number of hydrogen-bond donors (Lipinski definition) is 0. The summed E-state index contributed by atoms with van der Waals surface area (Å²) in [5, 5.41) is 0. The average molecular weight is 509 g/mol. The normalized spacial score (nSPS) is 18.1. The van der Waals surface area contributed by atoms with E-state index >= 15 is 0 Å². The van der Waals surface area contributed by atoms with Crippen LogP contribution in [0.5, 0.6) is 0 Å². The van der Waals surface area contributed by atoms with E-state index in [1.807, 2.05) is 24.3 Å². The minimum atomic E-state index is 0.550. The number of benzene rings is 1. The van der Waals surface area contributed by atoms with Crippen molar-refractivity contribution in [3.8, 4) is 22.3 Å². The van der Waals surface area contributed by atoms with Gasteiger partial charge < -0.3 is 18.9 Å². The van der Waals surface area contributed by atoms with Crippen LogP contribution in [0.1, 0.15) is 22.8 Å². The van der Waals surface area contributed by atoms with Gasteiger partial charge in [-0.25, -0.2) is 29.9 Å². The summed E-state index contributed by atoms with van der Waals surface area (Å²) in [7, 11) is 0. The van der Waals surface area contributed by atoms with Gasteiger partial charge in [-0.05, 0) is 46.5 Å². The summed E-state index contributed by atoms with van der Waals surface area (Å²) >= 11 is 0. The molecule has 3 aromatic rings. The Balaban J connectivity index is 1.26. The zero-order valence-electron chi connectivity index (χ0n) is 20.6. The van der Waals surface area contributed by atoms with E-state index in [0.717, 1.165) is 22.3 Å². The first-order chi connectivity index (χ1) is 18.8. The second-order valence-corrected chi connectivity index (χ2v) is 8.97. The Morgan fingerprint density at radius 1 is 0.395 bits per heavy atom. The maximum atomic E-state index is 5.69. The molecule has 0 atom stereocenters. The van der Waals surface area contributed by atoms with E-state index in [4.69, 9.17) is 28.9 Å². The zero-order valence-corrected chi connectivity index (χ0v) is 20.6. The van der Waals surface area contributed by atoms with Gasteiger partial charge in [0.2, 0.25) is 23.6 Å². The number of aromatic nitrogens is 2. The fourth-order valence-electron chi connectivity index (χ4n) is 4.65. The molecular weight excluding hydrogens is 484 g/mol. The number of pyridine rings is 2. The molecule has 0 unspecified atom stereocenters. The van der Waals surface area contributed by atoms with Crippen LogP contribution in [0.4, 0.5) is 0 Å². The van der Waals surface area contributed by atoms with Crippen molar-refractivity contribution in [2.24, 2.45) is 20.0 Å². The first-order valence-electron chi connectivity index (χ1n) is 12.7. The highest BCUT2D eigenvalue weighted by molar-refractivity contribution is 6.00. The van der Waals surface area contributed by atoms with Crippen LogP contribution in [0.15, 0.2) is 68.5 Å². The maximum Gasteiger partial charge on any atom is 0.235 e. The summed E-state index contributed by atoms with van der Waals surface area (Å²) in [5.74, 6) is 2.20. The molecule has 0 bridgehead atoms. The molecular formula is C28H24N6O4. The van der Waals surface area contributed by atoms with Gasteiger partial charge in [-0.3, -0.25) is 0 Å². The van der Waals surface area contributed by atoms with Crippen LogP contribution in [0, 0.1) is 0 Å². The van der Waals surface area contributed by atoms with Crippen molar-refractivity contribution in [1.82, 2.24) is 9.97 Å². The molecule has 0 fully saturated rings. The topological polar surface area (TPSA) is 112 Å². The van der Waals surface area contributed by atoms with E-state index in [-0.39, 0.29) is 0 Å². The van der Waals surface area contributed by atoms with Crippen LogP contribution in [0.25, 0.3) is 22.3 Å². The van der Waals surface area contributed by atoms with Crippen LogP contribution in [0.3, 0.4) is 0 Å². The molecule has 38 heavy (non-hydrogen) atoms. The van der Waals surface area contributed by atoms with Gasteiger partial charge in [0.15, 0.2) is 0 Å². The summed E-state index contributed by atoms with van der Waals surface area (Å²) < 4.78 is 22.8. The van der Waals surface area contributed by atoms with Gasteiger partial charge in [0.1, 0.15) is 49.2 Å². The van der Waals surface area contributed by atoms with Gasteiger partial charge in [0, 0.05) is 0 Å². The summed E-state index contributed by atoms with van der Waals surface area (Å²) in [4.78, 5) is 27.2. The smallest absolute Gasteiger partial charge is 0.235 e. The van der Waals surface area contributed by atoms with E-state index < -0.39 is 0 Å². The van der Waals surface area contributed by atoms with Crippen molar-refractivity contribution in [2.45, 2.75) is 0 Å². The molecule has 190 valence electrons. The molecule has 0 saturated heterocycles. The predicted octanol–water partition coefficient (Wildman–Crippen LogP) is 2.92. The first-order valence-corrected chi connectivity index (χ1v) is 12.7. The van der Waals surface area contributed by atoms with Crippen LogP contribution in [-0.4, -0.2) is 86.2 Å². The molecule has 0 aliphatic carbocycles. The van der Waals surface area contributed by atoms with Crippen LogP contribution in [-0.2, 0) is 18.9 Å². The van der Waals surface area contributed by atoms with E-state index in [1.54, 1.807) is 0 Å². The maximum absolute atomic E-state index is 5.69. The number of ether oxygens (including phenoxy) is 4. The van der Waals surface area contributed by atoms with E-state index in [1.165, 1.54) is 0 Å². The lowest BCUT2D eigenvalue weighted by molar-refractivity contribution is 0.345. The minimum Gasteiger partial charge on any atom is -0.474 e. The molecule has 7 rings (SSSR count). The monoisotopic (exact) mass is 508 g/mol. The molecule has 4 aliphatic heterocycles. The third-order valence-electron chi connectivity index (χ3n) is 6.42.